The molecule has 0 spiro atoms. The number of benzene rings is 1. The zero-order chi connectivity index (χ0) is 19.1. The molecule has 1 aromatic rings. The van der Waals surface area contributed by atoms with E-state index in [0.29, 0.717) is 25.4 Å². The van der Waals surface area contributed by atoms with E-state index in [4.69, 9.17) is 0 Å². The second-order valence-electron chi connectivity index (χ2n) is 8.05. The van der Waals surface area contributed by atoms with Crippen molar-refractivity contribution >= 4 is 11.8 Å². The van der Waals surface area contributed by atoms with Gasteiger partial charge in [0.15, 0.2) is 0 Å². The van der Waals surface area contributed by atoms with Gasteiger partial charge in [0.1, 0.15) is 0 Å². The van der Waals surface area contributed by atoms with Crippen molar-refractivity contribution in [2.24, 2.45) is 5.92 Å². The monoisotopic (exact) mass is 371 g/mol. The fourth-order valence-electron chi connectivity index (χ4n) is 4.20. The van der Waals surface area contributed by atoms with Gasteiger partial charge in [0.2, 0.25) is 11.8 Å². The highest BCUT2D eigenvalue weighted by Crippen LogP contribution is 2.28. The number of carbonyl (C=O) groups is 2. The summed E-state index contributed by atoms with van der Waals surface area (Å²) in [6.07, 6.45) is 7.03. The van der Waals surface area contributed by atoms with E-state index in [2.05, 4.69) is 23.2 Å². The lowest BCUT2D eigenvalue weighted by Gasteiger charge is -2.34. The van der Waals surface area contributed by atoms with Crippen molar-refractivity contribution < 1.29 is 9.59 Å². The van der Waals surface area contributed by atoms with Crippen molar-refractivity contribution in [1.82, 2.24) is 15.1 Å². The number of carbonyl (C=O) groups excluding carboxylic acids is 2. The zero-order valence-corrected chi connectivity index (χ0v) is 16.6. The van der Waals surface area contributed by atoms with E-state index in [0.717, 1.165) is 44.1 Å². The summed E-state index contributed by atoms with van der Waals surface area (Å²) >= 11 is 0. The number of hydrogen-bond acceptors (Lipinski definition) is 3. The molecule has 1 heterocycles. The van der Waals surface area contributed by atoms with Crippen molar-refractivity contribution in [2.45, 2.75) is 52.0 Å². The first-order valence-corrected chi connectivity index (χ1v) is 10.4. The maximum absolute atomic E-state index is 12.4. The summed E-state index contributed by atoms with van der Waals surface area (Å²) in [7, 11) is 0. The predicted octanol–water partition coefficient (Wildman–Crippen LogP) is 2.73. The molecule has 0 aromatic heterocycles. The number of amides is 2. The molecule has 0 atom stereocenters. The fraction of sp³-hybridized carbons (Fsp3) is 0.636. The van der Waals surface area contributed by atoms with Gasteiger partial charge in [-0.3, -0.25) is 14.5 Å². The Balaban J connectivity index is 1.33. The second kappa shape index (κ2) is 9.88. The van der Waals surface area contributed by atoms with Crippen LogP contribution in [0.3, 0.4) is 0 Å². The average Bonchev–Trinajstić information content (AvgIpc) is 3.20. The van der Waals surface area contributed by atoms with Gasteiger partial charge in [-0.2, -0.15) is 0 Å². The van der Waals surface area contributed by atoms with Crippen molar-refractivity contribution in [3.8, 4) is 0 Å². The normalized spacial score (nSPS) is 18.6. The van der Waals surface area contributed by atoms with Gasteiger partial charge < -0.3 is 10.2 Å². The van der Waals surface area contributed by atoms with Gasteiger partial charge in [-0.1, -0.05) is 49.9 Å². The Kier molecular flexibility index (Phi) is 7.27. The highest BCUT2D eigenvalue weighted by atomic mass is 16.2. The number of hydrogen-bond donors (Lipinski definition) is 1. The molecule has 5 heteroatoms. The first-order chi connectivity index (χ1) is 13.1. The van der Waals surface area contributed by atoms with E-state index in [-0.39, 0.29) is 5.91 Å². The second-order valence-corrected chi connectivity index (χ2v) is 8.05. The first-order valence-electron chi connectivity index (χ1n) is 10.4. The van der Waals surface area contributed by atoms with Crippen molar-refractivity contribution in [3.63, 3.8) is 0 Å². The third-order valence-corrected chi connectivity index (χ3v) is 6.07. The van der Waals surface area contributed by atoms with Gasteiger partial charge in [-0.25, -0.2) is 0 Å². The minimum Gasteiger partial charge on any atom is -0.351 e. The van der Waals surface area contributed by atoms with Crippen LogP contribution < -0.4 is 5.32 Å². The third kappa shape index (κ3) is 6.06. The maximum Gasteiger partial charge on any atom is 0.234 e. The largest absolute Gasteiger partial charge is 0.351 e. The predicted molar refractivity (Wildman–Crippen MR) is 107 cm³/mol. The van der Waals surface area contributed by atoms with E-state index in [9.17, 15) is 9.59 Å². The summed E-state index contributed by atoms with van der Waals surface area (Å²) in [5, 5.41) is 3.01. The van der Waals surface area contributed by atoms with Gasteiger partial charge in [-0.05, 0) is 30.4 Å². The van der Waals surface area contributed by atoms with Crippen LogP contribution in [-0.2, 0) is 16.1 Å². The van der Waals surface area contributed by atoms with Crippen LogP contribution in [0.5, 0.6) is 0 Å². The molecule has 0 unspecified atom stereocenters. The highest BCUT2D eigenvalue weighted by molar-refractivity contribution is 5.78. The molecule has 1 aliphatic carbocycles. The molecule has 2 amide bonds. The Morgan fingerprint density at radius 3 is 2.48 bits per heavy atom. The first kappa shape index (κ1) is 19.9. The molecule has 27 heavy (non-hydrogen) atoms. The summed E-state index contributed by atoms with van der Waals surface area (Å²) in [5.41, 5.74) is 2.35. The lowest BCUT2D eigenvalue weighted by atomic mass is 10.0. The minimum absolute atomic E-state index is 0.0549. The van der Waals surface area contributed by atoms with E-state index < -0.39 is 0 Å². The van der Waals surface area contributed by atoms with Crippen LogP contribution in [-0.4, -0.2) is 54.3 Å². The molecule has 0 bridgehead atoms. The smallest absolute Gasteiger partial charge is 0.234 e. The summed E-state index contributed by atoms with van der Waals surface area (Å²) in [6, 6.07) is 8.11. The molecule has 0 radical (unpaired) electrons. The SMILES string of the molecule is Cc1ccccc1CNC(=O)CN1CCN(C(=O)CCC2CCCC2)CC1. The third-order valence-electron chi connectivity index (χ3n) is 6.07. The number of piperazine rings is 1. The van der Waals surface area contributed by atoms with Crippen LogP contribution >= 0.6 is 0 Å². The molecular formula is C22H33N3O2. The molecule has 2 fully saturated rings. The highest BCUT2D eigenvalue weighted by Gasteiger charge is 2.23. The summed E-state index contributed by atoms with van der Waals surface area (Å²) in [5.74, 6) is 1.12. The Bertz CT molecular complexity index is 632. The van der Waals surface area contributed by atoms with Crippen LogP contribution in [0.15, 0.2) is 24.3 Å². The Morgan fingerprint density at radius 1 is 1.07 bits per heavy atom. The molecule has 1 saturated heterocycles. The van der Waals surface area contributed by atoms with Crippen LogP contribution in [0.2, 0.25) is 0 Å². The lowest BCUT2D eigenvalue weighted by molar-refractivity contribution is -0.133. The Hall–Kier alpha value is -1.88. The molecule has 5 nitrogen and oxygen atoms in total. The molecule has 2 aliphatic rings. The summed E-state index contributed by atoms with van der Waals surface area (Å²) < 4.78 is 0. The quantitative estimate of drug-likeness (QED) is 0.802. The molecule has 1 N–H and O–H groups in total. The van der Waals surface area contributed by atoms with Crippen LogP contribution in [0.1, 0.15) is 49.7 Å². The minimum atomic E-state index is 0.0549. The van der Waals surface area contributed by atoms with Crippen LogP contribution in [0.25, 0.3) is 0 Å². The topological polar surface area (TPSA) is 52.7 Å². The molecule has 1 saturated carbocycles. The van der Waals surface area contributed by atoms with Crippen molar-refractivity contribution in [3.05, 3.63) is 35.4 Å². The number of aryl methyl sites for hydroxylation is 1. The molecule has 3 rings (SSSR count). The lowest BCUT2D eigenvalue weighted by Crippen LogP contribution is -2.51. The van der Waals surface area contributed by atoms with E-state index >= 15 is 0 Å². The van der Waals surface area contributed by atoms with Gasteiger partial charge in [-0.15, -0.1) is 0 Å². The number of nitrogens with zero attached hydrogens (tertiary/aromatic N) is 2. The van der Waals surface area contributed by atoms with E-state index in [1.807, 2.05) is 23.1 Å². The number of nitrogens with one attached hydrogen (secondary N) is 1. The molecule has 1 aromatic carbocycles. The van der Waals surface area contributed by atoms with Crippen molar-refractivity contribution in [1.29, 1.82) is 0 Å². The Labute approximate surface area is 163 Å². The average molecular weight is 372 g/mol. The zero-order valence-electron chi connectivity index (χ0n) is 16.6. The van der Waals surface area contributed by atoms with Crippen LogP contribution in [0.4, 0.5) is 0 Å². The summed E-state index contributed by atoms with van der Waals surface area (Å²) in [6.45, 7) is 6.11. The number of rotatable bonds is 7. The van der Waals surface area contributed by atoms with Gasteiger partial charge in [0.25, 0.3) is 0 Å². The molecule has 1 aliphatic heterocycles. The van der Waals surface area contributed by atoms with Crippen LogP contribution in [0, 0.1) is 12.8 Å². The van der Waals surface area contributed by atoms with E-state index in [1.54, 1.807) is 0 Å². The maximum atomic E-state index is 12.4. The van der Waals surface area contributed by atoms with E-state index in [1.165, 1.54) is 31.2 Å². The van der Waals surface area contributed by atoms with Gasteiger partial charge in [0, 0.05) is 39.1 Å². The summed E-state index contributed by atoms with van der Waals surface area (Å²) in [4.78, 5) is 28.8. The van der Waals surface area contributed by atoms with Gasteiger partial charge >= 0.3 is 0 Å². The molecular weight excluding hydrogens is 338 g/mol. The van der Waals surface area contributed by atoms with Crippen molar-refractivity contribution in [2.75, 3.05) is 32.7 Å². The standard InChI is InChI=1S/C22H33N3O2/c1-18-6-2-5-9-20(18)16-23-21(26)17-24-12-14-25(15-13-24)22(27)11-10-19-7-3-4-8-19/h2,5-6,9,19H,3-4,7-8,10-17H2,1H3,(H,23,26). The van der Waals surface area contributed by atoms with Gasteiger partial charge in [0.05, 0.1) is 6.54 Å². The Morgan fingerprint density at radius 2 is 1.78 bits per heavy atom. The molecule has 148 valence electrons. The fourth-order valence-corrected chi connectivity index (χ4v) is 4.20.